The first-order valence-corrected chi connectivity index (χ1v) is 4.50. The summed E-state index contributed by atoms with van der Waals surface area (Å²) in [4.78, 5) is 10.4. The maximum absolute atomic E-state index is 10.4. The van der Waals surface area contributed by atoms with E-state index in [1.165, 1.54) is 0 Å². The van der Waals surface area contributed by atoms with Gasteiger partial charge in [0.2, 0.25) is 5.91 Å². The topological polar surface area (TPSA) is 43.1 Å². The second-order valence-electron chi connectivity index (χ2n) is 2.93. The van der Waals surface area contributed by atoms with Gasteiger partial charge in [-0.2, -0.15) is 0 Å². The molecule has 1 rings (SSSR count). The van der Waals surface area contributed by atoms with Crippen molar-refractivity contribution in [1.29, 1.82) is 0 Å². The zero-order valence-electron chi connectivity index (χ0n) is 7.80. The first kappa shape index (κ1) is 10.6. The molecule has 0 fully saturated rings. The number of primary amides is 1. The summed E-state index contributed by atoms with van der Waals surface area (Å²) < 4.78 is 0. The van der Waals surface area contributed by atoms with E-state index in [0.29, 0.717) is 5.02 Å². The van der Waals surface area contributed by atoms with Gasteiger partial charge < -0.3 is 5.73 Å². The van der Waals surface area contributed by atoms with Crippen molar-refractivity contribution in [3.05, 3.63) is 34.3 Å². The Bertz CT molecular complexity index is 415. The zero-order chi connectivity index (χ0) is 10.6. The molecule has 0 radical (unpaired) electrons. The monoisotopic (exact) mass is 207 g/mol. The molecule has 0 atom stereocenters. The SMILES string of the molecule is Cc1ccc(Cl)c(C#CCC(N)=O)c1. The van der Waals surface area contributed by atoms with Crippen LogP contribution in [0.4, 0.5) is 0 Å². The van der Waals surface area contributed by atoms with Crippen LogP contribution < -0.4 is 5.73 Å². The molecule has 0 aliphatic carbocycles. The van der Waals surface area contributed by atoms with Crippen LogP contribution >= 0.6 is 11.6 Å². The third kappa shape index (κ3) is 3.12. The number of benzene rings is 1. The number of carbonyl (C=O) groups excluding carboxylic acids is 1. The van der Waals surface area contributed by atoms with Gasteiger partial charge in [-0.05, 0) is 24.6 Å². The molecule has 0 spiro atoms. The van der Waals surface area contributed by atoms with Crippen molar-refractivity contribution in [3.63, 3.8) is 0 Å². The van der Waals surface area contributed by atoms with Crippen LogP contribution in [0.3, 0.4) is 0 Å². The number of halogens is 1. The molecule has 0 saturated heterocycles. The molecule has 0 heterocycles. The van der Waals surface area contributed by atoms with Gasteiger partial charge in [-0.3, -0.25) is 4.79 Å². The molecule has 1 amide bonds. The van der Waals surface area contributed by atoms with Crippen molar-refractivity contribution in [1.82, 2.24) is 0 Å². The van der Waals surface area contributed by atoms with E-state index >= 15 is 0 Å². The Labute approximate surface area is 88.1 Å². The molecule has 1 aromatic carbocycles. The van der Waals surface area contributed by atoms with Gasteiger partial charge in [0.1, 0.15) is 0 Å². The first-order valence-electron chi connectivity index (χ1n) is 4.13. The van der Waals surface area contributed by atoms with E-state index in [9.17, 15) is 4.79 Å². The molecule has 0 bridgehead atoms. The van der Waals surface area contributed by atoms with E-state index < -0.39 is 5.91 Å². The van der Waals surface area contributed by atoms with Crippen LogP contribution in [0.2, 0.25) is 5.02 Å². The summed E-state index contributed by atoms with van der Waals surface area (Å²) in [5.74, 6) is 5.03. The molecule has 0 aliphatic heterocycles. The van der Waals surface area contributed by atoms with Crippen LogP contribution in [-0.2, 0) is 4.79 Å². The Balaban J connectivity index is 2.88. The fourth-order valence-electron chi connectivity index (χ4n) is 0.961. The maximum atomic E-state index is 10.4. The van der Waals surface area contributed by atoms with Gasteiger partial charge in [-0.25, -0.2) is 0 Å². The summed E-state index contributed by atoms with van der Waals surface area (Å²) in [6.45, 7) is 1.95. The summed E-state index contributed by atoms with van der Waals surface area (Å²) in [6, 6.07) is 5.56. The molecule has 2 nitrogen and oxygen atoms in total. The van der Waals surface area contributed by atoms with Crippen LogP contribution in [0.5, 0.6) is 0 Å². The van der Waals surface area contributed by atoms with E-state index in [4.69, 9.17) is 17.3 Å². The van der Waals surface area contributed by atoms with E-state index in [0.717, 1.165) is 11.1 Å². The molecule has 0 unspecified atom stereocenters. The maximum Gasteiger partial charge on any atom is 0.229 e. The molecular weight excluding hydrogens is 198 g/mol. The van der Waals surface area contributed by atoms with E-state index in [2.05, 4.69) is 11.8 Å². The smallest absolute Gasteiger partial charge is 0.229 e. The summed E-state index contributed by atoms with van der Waals surface area (Å²) in [7, 11) is 0. The second-order valence-corrected chi connectivity index (χ2v) is 3.34. The predicted octanol–water partition coefficient (Wildman–Crippen LogP) is 1.88. The van der Waals surface area contributed by atoms with Crippen LogP contribution in [-0.4, -0.2) is 5.91 Å². The lowest BCUT2D eigenvalue weighted by atomic mass is 10.1. The van der Waals surface area contributed by atoms with Crippen molar-refractivity contribution in [2.45, 2.75) is 13.3 Å². The zero-order valence-corrected chi connectivity index (χ0v) is 8.56. The number of hydrogen-bond donors (Lipinski definition) is 1. The van der Waals surface area contributed by atoms with Crippen LogP contribution in [0, 0.1) is 18.8 Å². The third-order valence-electron chi connectivity index (χ3n) is 1.61. The average Bonchev–Trinajstić information content (AvgIpc) is 2.10. The Morgan fingerprint density at radius 3 is 2.93 bits per heavy atom. The molecular formula is C11H10ClNO. The van der Waals surface area contributed by atoms with Gasteiger partial charge >= 0.3 is 0 Å². The van der Waals surface area contributed by atoms with Gasteiger partial charge in [0.25, 0.3) is 0 Å². The van der Waals surface area contributed by atoms with Gasteiger partial charge in [-0.1, -0.05) is 29.5 Å². The fraction of sp³-hybridized carbons (Fsp3) is 0.182. The number of hydrogen-bond acceptors (Lipinski definition) is 1. The summed E-state index contributed by atoms with van der Waals surface area (Å²) in [6.07, 6.45) is 0.0598. The van der Waals surface area contributed by atoms with Crippen molar-refractivity contribution < 1.29 is 4.79 Å². The van der Waals surface area contributed by atoms with Crippen molar-refractivity contribution in [2.24, 2.45) is 5.73 Å². The van der Waals surface area contributed by atoms with Gasteiger partial charge in [0, 0.05) is 5.56 Å². The van der Waals surface area contributed by atoms with E-state index in [1.54, 1.807) is 6.07 Å². The highest BCUT2D eigenvalue weighted by Crippen LogP contribution is 2.15. The molecule has 0 aliphatic rings. The Morgan fingerprint density at radius 1 is 1.57 bits per heavy atom. The average molecular weight is 208 g/mol. The lowest BCUT2D eigenvalue weighted by Gasteiger charge is -1.96. The van der Waals surface area contributed by atoms with Crippen molar-refractivity contribution in [3.8, 4) is 11.8 Å². The van der Waals surface area contributed by atoms with E-state index in [-0.39, 0.29) is 6.42 Å². The second kappa shape index (κ2) is 4.69. The molecule has 2 N–H and O–H groups in total. The van der Waals surface area contributed by atoms with Crippen molar-refractivity contribution in [2.75, 3.05) is 0 Å². The summed E-state index contributed by atoms with van der Waals surface area (Å²) >= 11 is 5.89. The van der Waals surface area contributed by atoms with E-state index in [1.807, 2.05) is 19.1 Å². The number of nitrogens with two attached hydrogens (primary N) is 1. The first-order chi connectivity index (χ1) is 6.59. The van der Waals surface area contributed by atoms with Crippen molar-refractivity contribution >= 4 is 17.5 Å². The molecule has 3 heteroatoms. The summed E-state index contributed by atoms with van der Waals surface area (Å²) in [5.41, 5.74) is 6.76. The molecule has 72 valence electrons. The molecule has 14 heavy (non-hydrogen) atoms. The number of amides is 1. The highest BCUT2D eigenvalue weighted by Gasteiger charge is 1.96. The van der Waals surface area contributed by atoms with Gasteiger partial charge in [-0.15, -0.1) is 0 Å². The Hall–Kier alpha value is -1.46. The largest absolute Gasteiger partial charge is 0.369 e. The fourth-order valence-corrected chi connectivity index (χ4v) is 1.13. The summed E-state index contributed by atoms with van der Waals surface area (Å²) in [5, 5.41) is 0.590. The minimum absolute atomic E-state index is 0.0598. The number of aryl methyl sites for hydroxylation is 1. The molecule has 0 aromatic heterocycles. The minimum atomic E-state index is -0.429. The molecule has 1 aromatic rings. The number of carbonyl (C=O) groups is 1. The van der Waals surface area contributed by atoms with Gasteiger partial charge in [0.05, 0.1) is 11.4 Å². The van der Waals surface area contributed by atoms with Crippen LogP contribution in [0.15, 0.2) is 18.2 Å². The standard InChI is InChI=1S/C11H10ClNO/c1-8-5-6-10(12)9(7-8)3-2-4-11(13)14/h5-7H,4H2,1H3,(H2,13,14). The Kier molecular flexibility index (Phi) is 3.55. The minimum Gasteiger partial charge on any atom is -0.369 e. The highest BCUT2D eigenvalue weighted by atomic mass is 35.5. The van der Waals surface area contributed by atoms with Gasteiger partial charge in [0.15, 0.2) is 0 Å². The predicted molar refractivity (Wildman–Crippen MR) is 56.9 cm³/mol. The highest BCUT2D eigenvalue weighted by molar-refractivity contribution is 6.31. The number of rotatable bonds is 1. The van der Waals surface area contributed by atoms with Crippen LogP contribution in [0.25, 0.3) is 0 Å². The van der Waals surface area contributed by atoms with Crippen LogP contribution in [0.1, 0.15) is 17.5 Å². The quantitative estimate of drug-likeness (QED) is 0.702. The molecule has 0 saturated carbocycles. The normalized spacial score (nSPS) is 9.00. The lowest BCUT2D eigenvalue weighted by Crippen LogP contribution is -2.08. The lowest BCUT2D eigenvalue weighted by molar-refractivity contribution is -0.117. The Morgan fingerprint density at radius 2 is 2.29 bits per heavy atom. The third-order valence-corrected chi connectivity index (χ3v) is 1.94.